The van der Waals surface area contributed by atoms with Gasteiger partial charge in [0.05, 0.1) is 0 Å². The van der Waals surface area contributed by atoms with Crippen molar-refractivity contribution in [1.29, 1.82) is 0 Å². The number of pyridine rings is 1. The van der Waals surface area contributed by atoms with Gasteiger partial charge in [-0.2, -0.15) is 0 Å². The Kier molecular flexibility index (Phi) is 4.07. The average molecular weight is 360 g/mol. The smallest absolute Gasteiger partial charge is 0.155 e. The van der Waals surface area contributed by atoms with Gasteiger partial charge >= 0.3 is 0 Å². The maximum Gasteiger partial charge on any atom is 0.155 e. The van der Waals surface area contributed by atoms with E-state index in [9.17, 15) is 4.39 Å². The molecule has 5 heteroatoms. The predicted octanol–water partition coefficient (Wildman–Crippen LogP) is 4.37. The van der Waals surface area contributed by atoms with Gasteiger partial charge in [0.2, 0.25) is 0 Å². The van der Waals surface area contributed by atoms with E-state index in [2.05, 4.69) is 26.2 Å². The van der Waals surface area contributed by atoms with Gasteiger partial charge in [0, 0.05) is 16.4 Å². The molecular formula is C17H15BrFN3. The highest BCUT2D eigenvalue weighted by Gasteiger charge is 2.24. The monoisotopic (exact) mass is 359 g/mol. The minimum absolute atomic E-state index is 0.159. The molecule has 0 aliphatic carbocycles. The first-order valence-electron chi connectivity index (χ1n) is 6.95. The van der Waals surface area contributed by atoms with E-state index in [1.54, 1.807) is 12.3 Å². The van der Waals surface area contributed by atoms with E-state index in [0.29, 0.717) is 5.84 Å². The SMILES string of the molecule is CC1=C(C)C(c2ccccc2Br)N=C(c2ncccc2F)N1. The molecule has 112 valence electrons. The van der Waals surface area contributed by atoms with E-state index in [4.69, 9.17) is 4.99 Å². The third-order valence-corrected chi connectivity index (χ3v) is 4.47. The molecule has 1 aliphatic heterocycles. The Morgan fingerprint density at radius 1 is 1.14 bits per heavy atom. The van der Waals surface area contributed by atoms with E-state index in [0.717, 1.165) is 21.3 Å². The summed E-state index contributed by atoms with van der Waals surface area (Å²) in [4.78, 5) is 8.80. The number of nitrogens with one attached hydrogen (secondary N) is 1. The van der Waals surface area contributed by atoms with Crippen LogP contribution in [0.2, 0.25) is 0 Å². The van der Waals surface area contributed by atoms with Crippen molar-refractivity contribution in [3.63, 3.8) is 0 Å². The number of hydrogen-bond acceptors (Lipinski definition) is 3. The summed E-state index contributed by atoms with van der Waals surface area (Å²) in [6, 6.07) is 10.7. The van der Waals surface area contributed by atoms with Crippen LogP contribution >= 0.6 is 15.9 Å². The predicted molar refractivity (Wildman–Crippen MR) is 89.1 cm³/mol. The number of amidine groups is 1. The number of aliphatic imine (C=N–C) groups is 1. The summed E-state index contributed by atoms with van der Waals surface area (Å²) in [7, 11) is 0. The highest BCUT2D eigenvalue weighted by atomic mass is 79.9. The summed E-state index contributed by atoms with van der Waals surface area (Å²) in [5, 5.41) is 3.15. The molecule has 3 rings (SSSR count). The molecule has 0 saturated carbocycles. The lowest BCUT2D eigenvalue weighted by atomic mass is 9.97. The Morgan fingerprint density at radius 2 is 1.91 bits per heavy atom. The molecule has 0 fully saturated rings. The van der Waals surface area contributed by atoms with Gasteiger partial charge in [0.15, 0.2) is 11.7 Å². The van der Waals surface area contributed by atoms with Crippen LogP contribution in [0.25, 0.3) is 0 Å². The van der Waals surface area contributed by atoms with Gasteiger partial charge in [-0.25, -0.2) is 9.37 Å². The van der Waals surface area contributed by atoms with Gasteiger partial charge < -0.3 is 5.32 Å². The average Bonchev–Trinajstić information content (AvgIpc) is 2.51. The van der Waals surface area contributed by atoms with Gasteiger partial charge in [-0.15, -0.1) is 0 Å². The molecule has 0 spiro atoms. The number of benzene rings is 1. The van der Waals surface area contributed by atoms with Crippen molar-refractivity contribution in [2.75, 3.05) is 0 Å². The van der Waals surface area contributed by atoms with Crippen LogP contribution in [-0.2, 0) is 0 Å². The molecule has 2 heterocycles. The van der Waals surface area contributed by atoms with Gasteiger partial charge in [0.1, 0.15) is 11.7 Å². The molecule has 2 aromatic rings. The number of hydrogen-bond donors (Lipinski definition) is 1. The number of halogens is 2. The van der Waals surface area contributed by atoms with Crippen LogP contribution in [0, 0.1) is 5.82 Å². The molecule has 1 N–H and O–H groups in total. The third kappa shape index (κ3) is 2.68. The molecule has 3 nitrogen and oxygen atoms in total. The number of rotatable bonds is 2. The number of aromatic nitrogens is 1. The van der Waals surface area contributed by atoms with Crippen LogP contribution in [0.5, 0.6) is 0 Å². The van der Waals surface area contributed by atoms with Gasteiger partial charge in [0.25, 0.3) is 0 Å². The fourth-order valence-corrected chi connectivity index (χ4v) is 2.92. The van der Waals surface area contributed by atoms with E-state index < -0.39 is 0 Å². The number of allylic oxidation sites excluding steroid dienone is 1. The van der Waals surface area contributed by atoms with Crippen molar-refractivity contribution in [2.45, 2.75) is 19.9 Å². The summed E-state index contributed by atoms with van der Waals surface area (Å²) >= 11 is 3.57. The summed E-state index contributed by atoms with van der Waals surface area (Å²) in [6.07, 6.45) is 1.57. The van der Waals surface area contributed by atoms with Gasteiger partial charge in [-0.3, -0.25) is 4.99 Å². The Balaban J connectivity index is 2.10. The molecule has 1 atom stereocenters. The van der Waals surface area contributed by atoms with Crippen molar-refractivity contribution < 1.29 is 4.39 Å². The van der Waals surface area contributed by atoms with Crippen LogP contribution in [-0.4, -0.2) is 10.8 Å². The van der Waals surface area contributed by atoms with Crippen LogP contribution < -0.4 is 5.32 Å². The van der Waals surface area contributed by atoms with Crippen molar-refractivity contribution in [1.82, 2.24) is 10.3 Å². The molecule has 0 amide bonds. The zero-order chi connectivity index (χ0) is 15.7. The lowest BCUT2D eigenvalue weighted by Crippen LogP contribution is -2.30. The Labute approximate surface area is 137 Å². The largest absolute Gasteiger partial charge is 0.342 e. The van der Waals surface area contributed by atoms with Crippen molar-refractivity contribution >= 4 is 21.8 Å². The lowest BCUT2D eigenvalue weighted by Gasteiger charge is -2.25. The minimum Gasteiger partial charge on any atom is -0.342 e. The second-order valence-electron chi connectivity index (χ2n) is 5.17. The molecule has 0 radical (unpaired) electrons. The molecule has 0 bridgehead atoms. The normalized spacial score (nSPS) is 18.0. The fraction of sp³-hybridized carbons (Fsp3) is 0.176. The van der Waals surface area contributed by atoms with E-state index in [1.807, 2.05) is 38.1 Å². The molecule has 1 aromatic heterocycles. The first-order valence-corrected chi connectivity index (χ1v) is 7.74. The molecule has 1 aliphatic rings. The molecule has 1 aromatic carbocycles. The van der Waals surface area contributed by atoms with Crippen LogP contribution in [0.3, 0.4) is 0 Å². The lowest BCUT2D eigenvalue weighted by molar-refractivity contribution is 0.615. The van der Waals surface area contributed by atoms with Crippen molar-refractivity contribution in [2.24, 2.45) is 4.99 Å². The standard InChI is InChI=1S/C17H15BrFN3/c1-10-11(2)21-17(16-14(19)8-5-9-20-16)22-15(10)12-6-3-4-7-13(12)18/h3-9,15H,1-2H3,(H,21,22). The molecule has 0 saturated heterocycles. The third-order valence-electron chi connectivity index (χ3n) is 3.75. The first-order chi connectivity index (χ1) is 10.6. The maximum atomic E-state index is 14.0. The Hall–Kier alpha value is -2.01. The summed E-state index contributed by atoms with van der Waals surface area (Å²) < 4.78 is 15.0. The van der Waals surface area contributed by atoms with E-state index >= 15 is 0 Å². The minimum atomic E-state index is -0.382. The molecular weight excluding hydrogens is 345 g/mol. The number of nitrogens with zero attached hydrogens (tertiary/aromatic N) is 2. The van der Waals surface area contributed by atoms with Crippen molar-refractivity contribution in [3.8, 4) is 0 Å². The van der Waals surface area contributed by atoms with E-state index in [-0.39, 0.29) is 17.6 Å². The quantitative estimate of drug-likeness (QED) is 0.864. The van der Waals surface area contributed by atoms with E-state index in [1.165, 1.54) is 6.07 Å². The Morgan fingerprint density at radius 3 is 2.64 bits per heavy atom. The Bertz CT molecular complexity index is 783. The first kappa shape index (κ1) is 14.9. The van der Waals surface area contributed by atoms with Crippen molar-refractivity contribution in [3.05, 3.63) is 75.4 Å². The molecule has 22 heavy (non-hydrogen) atoms. The van der Waals surface area contributed by atoms with Crippen LogP contribution in [0.15, 0.2) is 63.3 Å². The topological polar surface area (TPSA) is 37.3 Å². The highest BCUT2D eigenvalue weighted by Crippen LogP contribution is 2.34. The summed E-state index contributed by atoms with van der Waals surface area (Å²) in [5.41, 5.74) is 3.36. The maximum absolute atomic E-state index is 14.0. The van der Waals surface area contributed by atoms with Gasteiger partial charge in [-0.05, 0) is 43.2 Å². The summed E-state index contributed by atoms with van der Waals surface area (Å²) in [6.45, 7) is 4.00. The van der Waals surface area contributed by atoms with Crippen LogP contribution in [0.4, 0.5) is 4.39 Å². The van der Waals surface area contributed by atoms with Crippen LogP contribution in [0.1, 0.15) is 31.1 Å². The fourth-order valence-electron chi connectivity index (χ4n) is 2.42. The zero-order valence-electron chi connectivity index (χ0n) is 12.3. The zero-order valence-corrected chi connectivity index (χ0v) is 13.9. The summed E-state index contributed by atoms with van der Waals surface area (Å²) in [5.74, 6) is 0.0777. The van der Waals surface area contributed by atoms with Gasteiger partial charge in [-0.1, -0.05) is 34.1 Å². The highest BCUT2D eigenvalue weighted by molar-refractivity contribution is 9.10. The molecule has 1 unspecified atom stereocenters. The second kappa shape index (κ2) is 6.01. The second-order valence-corrected chi connectivity index (χ2v) is 6.02.